The summed E-state index contributed by atoms with van der Waals surface area (Å²) < 4.78 is 50.6. The molecule has 15 heteroatoms. The smallest absolute Gasteiger partial charge is 0.331 e. The van der Waals surface area contributed by atoms with Gasteiger partial charge in [0.15, 0.2) is 23.0 Å². The summed E-state index contributed by atoms with van der Waals surface area (Å²) in [5.74, 6) is 2.84. The van der Waals surface area contributed by atoms with Crippen molar-refractivity contribution in [2.45, 2.75) is 38.3 Å². The number of fused-ring (bicyclic) bond motifs is 1. The number of esters is 2. The lowest BCUT2D eigenvalue weighted by molar-refractivity contribution is -0.947. The molecular formula is C45H65N2O13+. The number of morpholine rings is 1. The molecule has 0 aromatic heterocycles. The molecule has 2 heterocycles. The molecule has 5 rings (SSSR count). The van der Waals surface area contributed by atoms with E-state index in [2.05, 4.69) is 29.2 Å². The Kier molecular flexibility index (Phi) is 21.5. The fraction of sp³-hybridized carbons (Fsp3) is 0.511. The normalized spacial score (nSPS) is 15.5. The van der Waals surface area contributed by atoms with Crippen molar-refractivity contribution in [3.8, 4) is 34.5 Å². The largest absolute Gasteiger partial charge is 0.497 e. The van der Waals surface area contributed by atoms with Crippen LogP contribution in [0, 0.1) is 0 Å². The van der Waals surface area contributed by atoms with Crippen molar-refractivity contribution in [1.29, 1.82) is 0 Å². The maximum absolute atomic E-state index is 12.5. The number of nitrogens with zero attached hydrogens (tertiary/aromatic N) is 2. The van der Waals surface area contributed by atoms with Gasteiger partial charge in [-0.25, -0.2) is 9.59 Å². The highest BCUT2D eigenvalue weighted by atomic mass is 16.5. The van der Waals surface area contributed by atoms with Crippen molar-refractivity contribution >= 4 is 11.9 Å². The number of carbonyl (C=O) groups excluding carboxylic acids is 2. The van der Waals surface area contributed by atoms with Crippen molar-refractivity contribution in [2.75, 3.05) is 116 Å². The monoisotopic (exact) mass is 841 g/mol. The Hall–Kier alpha value is -5.06. The molecule has 60 heavy (non-hydrogen) atoms. The first kappa shape index (κ1) is 49.3. The van der Waals surface area contributed by atoms with Gasteiger partial charge in [-0.1, -0.05) is 12.1 Å². The van der Waals surface area contributed by atoms with Crippen LogP contribution in [-0.2, 0) is 43.2 Å². The molecule has 332 valence electrons. The number of benzene rings is 3. The second kappa shape index (κ2) is 26.2. The van der Waals surface area contributed by atoms with E-state index in [1.807, 2.05) is 24.3 Å². The summed E-state index contributed by atoms with van der Waals surface area (Å²) in [4.78, 5) is 27.5. The average Bonchev–Trinajstić information content (AvgIpc) is 3.30. The van der Waals surface area contributed by atoms with Gasteiger partial charge in [0, 0.05) is 57.5 Å². The van der Waals surface area contributed by atoms with Gasteiger partial charge in [-0.05, 0) is 72.4 Å². The summed E-state index contributed by atoms with van der Waals surface area (Å²) in [5.41, 5.74) is 4.67. The van der Waals surface area contributed by atoms with E-state index in [1.165, 1.54) is 16.7 Å². The third kappa shape index (κ3) is 14.0. The highest BCUT2D eigenvalue weighted by Crippen LogP contribution is 2.41. The zero-order chi connectivity index (χ0) is 43.9. The van der Waals surface area contributed by atoms with Crippen LogP contribution in [-0.4, -0.2) is 148 Å². The van der Waals surface area contributed by atoms with Gasteiger partial charge < -0.3 is 57.3 Å². The minimum absolute atomic E-state index is 0.0897. The molecule has 1 atom stereocenters. The summed E-state index contributed by atoms with van der Waals surface area (Å²) >= 11 is 0. The maximum Gasteiger partial charge on any atom is 0.331 e. The second-order valence-electron chi connectivity index (χ2n) is 14.0. The van der Waals surface area contributed by atoms with Crippen LogP contribution in [0.2, 0.25) is 0 Å². The van der Waals surface area contributed by atoms with Crippen molar-refractivity contribution in [2.24, 2.45) is 0 Å². The third-order valence-corrected chi connectivity index (χ3v) is 10.6. The molecule has 0 bridgehead atoms. The van der Waals surface area contributed by atoms with Crippen LogP contribution >= 0.6 is 0 Å². The summed E-state index contributed by atoms with van der Waals surface area (Å²) in [6.07, 6.45) is 5.19. The third-order valence-electron chi connectivity index (χ3n) is 10.6. The molecule has 0 saturated carbocycles. The number of aliphatic hydroxyl groups excluding tert-OH is 2. The van der Waals surface area contributed by atoms with Gasteiger partial charge in [-0.2, -0.15) is 0 Å². The van der Waals surface area contributed by atoms with E-state index in [1.54, 1.807) is 42.7 Å². The first-order valence-electron chi connectivity index (χ1n) is 20.0. The molecular weight excluding hydrogens is 776 g/mol. The molecule has 0 radical (unpaired) electrons. The Bertz CT molecular complexity index is 1750. The number of rotatable bonds is 20. The number of aliphatic hydroxyl groups is 2. The quantitative estimate of drug-likeness (QED) is 0.0705. The number of ether oxygens (including phenoxy) is 9. The molecule has 1 fully saturated rings. The molecule has 0 unspecified atom stereocenters. The van der Waals surface area contributed by atoms with Gasteiger partial charge in [-0.3, -0.25) is 4.90 Å². The second-order valence-corrected chi connectivity index (χ2v) is 14.0. The van der Waals surface area contributed by atoms with E-state index in [-0.39, 0.29) is 19.3 Å². The molecule has 15 nitrogen and oxygen atoms in total. The average molecular weight is 842 g/mol. The van der Waals surface area contributed by atoms with E-state index in [9.17, 15) is 9.59 Å². The Labute approximate surface area is 354 Å². The summed E-state index contributed by atoms with van der Waals surface area (Å²) in [6.45, 7) is 6.49. The number of hydrogen-bond donors (Lipinski definition) is 2. The highest BCUT2D eigenvalue weighted by Gasteiger charge is 2.32. The van der Waals surface area contributed by atoms with Crippen LogP contribution in [0.3, 0.4) is 0 Å². The Morgan fingerprint density at radius 3 is 1.83 bits per heavy atom. The van der Waals surface area contributed by atoms with Gasteiger partial charge in [0.25, 0.3) is 0 Å². The van der Waals surface area contributed by atoms with E-state index >= 15 is 0 Å². The van der Waals surface area contributed by atoms with Crippen LogP contribution in [0.15, 0.2) is 60.7 Å². The summed E-state index contributed by atoms with van der Waals surface area (Å²) in [7, 11) is 11.8. The summed E-state index contributed by atoms with van der Waals surface area (Å²) in [6, 6.07) is 16.3. The SMILES string of the molecule is CO.CO.COc1ccc(C[C@@H]2c3cc(OC)c(OC)cc3CCN2CCCOC(=O)/C=C\C(=O)OCCC[N+]2(Cc3cc(OC)c(OC)c(OC)c3)CCOCC2)cc1. The molecule has 3 aromatic carbocycles. The van der Waals surface area contributed by atoms with Crippen LogP contribution in [0.4, 0.5) is 0 Å². The number of carbonyl (C=O) groups is 2. The van der Waals surface area contributed by atoms with Crippen molar-refractivity contribution in [3.63, 3.8) is 0 Å². The van der Waals surface area contributed by atoms with Gasteiger partial charge in [0.2, 0.25) is 5.75 Å². The predicted octanol–water partition coefficient (Wildman–Crippen LogP) is 4.57. The number of methoxy groups -OCH3 is 6. The number of quaternary nitrogens is 1. The standard InChI is InChI=1S/C43H57N2O11.2CH4O/c1-48-34-11-9-31(10-12-34)25-36-35-29-38(50-3)37(49-2)28-33(35)15-17-44(36)16-7-21-55-41(46)13-14-42(47)56-22-8-18-45(19-23-54-24-20-45)30-32-26-39(51-4)43(53-6)40(27-32)52-5;2*1-2/h9-14,26-29,36H,7-8,15-25,30H2,1-6H3;2*2H,1H3/q+1;;/b14-13-;;/t36-;;/m1../s1. The Morgan fingerprint density at radius 2 is 1.28 bits per heavy atom. The zero-order valence-corrected chi connectivity index (χ0v) is 36.5. The lowest BCUT2D eigenvalue weighted by atomic mass is 9.88. The van der Waals surface area contributed by atoms with Gasteiger partial charge in [0.05, 0.1) is 75.6 Å². The summed E-state index contributed by atoms with van der Waals surface area (Å²) in [5, 5.41) is 14.0. The van der Waals surface area contributed by atoms with Crippen LogP contribution in [0.1, 0.15) is 41.1 Å². The highest BCUT2D eigenvalue weighted by molar-refractivity contribution is 5.91. The molecule has 0 spiro atoms. The van der Waals surface area contributed by atoms with Crippen molar-refractivity contribution in [3.05, 3.63) is 82.9 Å². The van der Waals surface area contributed by atoms with Crippen molar-refractivity contribution in [1.82, 2.24) is 4.90 Å². The van der Waals surface area contributed by atoms with Gasteiger partial charge in [0.1, 0.15) is 25.4 Å². The fourth-order valence-electron chi connectivity index (χ4n) is 7.62. The van der Waals surface area contributed by atoms with E-state index in [4.69, 9.17) is 52.8 Å². The minimum Gasteiger partial charge on any atom is -0.497 e. The van der Waals surface area contributed by atoms with E-state index in [0.717, 1.165) is 100 Å². The predicted molar refractivity (Wildman–Crippen MR) is 226 cm³/mol. The molecule has 2 aliphatic heterocycles. The lowest BCUT2D eigenvalue weighted by Gasteiger charge is -2.41. The maximum atomic E-state index is 12.5. The van der Waals surface area contributed by atoms with E-state index in [0.29, 0.717) is 49.1 Å². The van der Waals surface area contributed by atoms with Crippen LogP contribution in [0.25, 0.3) is 0 Å². The number of hydrogen-bond acceptors (Lipinski definition) is 14. The Morgan fingerprint density at radius 1 is 0.717 bits per heavy atom. The van der Waals surface area contributed by atoms with Crippen molar-refractivity contribution < 1.29 is 66.9 Å². The van der Waals surface area contributed by atoms with Crippen LogP contribution < -0.4 is 28.4 Å². The van der Waals surface area contributed by atoms with E-state index < -0.39 is 11.9 Å². The minimum atomic E-state index is -0.583. The molecule has 0 amide bonds. The molecule has 2 N–H and O–H groups in total. The lowest BCUT2D eigenvalue weighted by Crippen LogP contribution is -2.55. The fourth-order valence-corrected chi connectivity index (χ4v) is 7.62. The zero-order valence-electron chi connectivity index (χ0n) is 36.5. The van der Waals surface area contributed by atoms with Crippen LogP contribution in [0.5, 0.6) is 34.5 Å². The first-order chi connectivity index (χ1) is 29.2. The first-order valence-corrected chi connectivity index (χ1v) is 20.0. The van der Waals surface area contributed by atoms with Gasteiger partial charge in [-0.15, -0.1) is 0 Å². The molecule has 2 aliphatic rings. The van der Waals surface area contributed by atoms with Gasteiger partial charge >= 0.3 is 11.9 Å². The molecule has 0 aliphatic carbocycles. The Balaban J connectivity index is 0.00000233. The molecule has 3 aromatic rings. The topological polar surface area (TPSA) is 161 Å². The molecule has 1 saturated heterocycles.